The Balaban J connectivity index is 1.93. The van der Waals surface area contributed by atoms with E-state index in [-0.39, 0.29) is 16.7 Å². The van der Waals surface area contributed by atoms with E-state index in [2.05, 4.69) is 10.1 Å². The third kappa shape index (κ3) is 3.34. The quantitative estimate of drug-likeness (QED) is 0.533. The van der Waals surface area contributed by atoms with Gasteiger partial charge in [0.2, 0.25) is 5.82 Å². The molecule has 10 heteroatoms. The Morgan fingerprint density at radius 1 is 1.15 bits per heavy atom. The molecule has 0 aliphatic rings. The molecule has 0 bridgehead atoms. The van der Waals surface area contributed by atoms with Gasteiger partial charge in [-0.1, -0.05) is 16.8 Å². The molecule has 0 saturated carbocycles. The largest absolute Gasteiger partial charge is 0.437 e. The number of hydrogen-bond acceptors (Lipinski definition) is 5. The molecule has 136 valence electrons. The molecule has 3 aromatic rings. The van der Waals surface area contributed by atoms with E-state index in [4.69, 9.17) is 16.1 Å². The predicted octanol–water partition coefficient (Wildman–Crippen LogP) is 3.57. The van der Waals surface area contributed by atoms with E-state index in [1.807, 2.05) is 0 Å². The molecule has 0 radical (unpaired) electrons. The zero-order chi connectivity index (χ0) is 19.1. The van der Waals surface area contributed by atoms with Crippen molar-refractivity contribution in [2.75, 3.05) is 14.1 Å². The third-order valence-corrected chi connectivity index (χ3v) is 5.59. The molecule has 0 saturated heterocycles. The highest BCUT2D eigenvalue weighted by Crippen LogP contribution is 2.30. The third-order valence-electron chi connectivity index (χ3n) is 3.91. The van der Waals surface area contributed by atoms with E-state index in [0.717, 1.165) is 6.07 Å². The highest BCUT2D eigenvalue weighted by Gasteiger charge is 2.33. The summed E-state index contributed by atoms with van der Waals surface area (Å²) in [6.45, 7) is 0. The van der Waals surface area contributed by atoms with Gasteiger partial charge in [0, 0.05) is 17.7 Å². The second-order valence-corrected chi connectivity index (χ2v) is 8.11. The average Bonchev–Trinajstić information content (AvgIpc) is 3.03. The SMILES string of the molecule is C[N+](C)(c1ccc(-c2noc(-c3ccc(F)cc3Cl)n2)cc1)S(=O)(=O)O. The van der Waals surface area contributed by atoms with Crippen LogP contribution in [0.2, 0.25) is 5.02 Å². The van der Waals surface area contributed by atoms with Gasteiger partial charge in [0.15, 0.2) is 0 Å². The number of nitrogens with zero attached hydrogens (tertiary/aromatic N) is 3. The lowest BCUT2D eigenvalue weighted by molar-refractivity contribution is 0.412. The Morgan fingerprint density at radius 3 is 2.38 bits per heavy atom. The molecule has 0 aliphatic heterocycles. The van der Waals surface area contributed by atoms with Gasteiger partial charge in [0.25, 0.3) is 5.89 Å². The van der Waals surface area contributed by atoms with Gasteiger partial charge in [0.05, 0.1) is 24.7 Å². The average molecular weight is 399 g/mol. The summed E-state index contributed by atoms with van der Waals surface area (Å²) in [7, 11) is -1.65. The van der Waals surface area contributed by atoms with Crippen LogP contribution in [0.15, 0.2) is 47.0 Å². The van der Waals surface area contributed by atoms with Crippen LogP contribution >= 0.6 is 11.6 Å². The van der Waals surface area contributed by atoms with E-state index < -0.39 is 20.0 Å². The molecule has 0 unspecified atom stereocenters. The Hall–Kier alpha value is -2.33. The van der Waals surface area contributed by atoms with Gasteiger partial charge in [-0.3, -0.25) is 0 Å². The Labute approximate surface area is 154 Å². The van der Waals surface area contributed by atoms with Crippen LogP contribution in [0.4, 0.5) is 10.1 Å². The summed E-state index contributed by atoms with van der Waals surface area (Å²) in [5, 5.41) is 4.00. The van der Waals surface area contributed by atoms with Crippen molar-refractivity contribution >= 4 is 27.6 Å². The molecule has 0 aliphatic carbocycles. The zero-order valence-electron chi connectivity index (χ0n) is 13.7. The molecule has 1 aromatic heterocycles. The lowest BCUT2D eigenvalue weighted by Crippen LogP contribution is -2.45. The molecule has 7 nitrogen and oxygen atoms in total. The van der Waals surface area contributed by atoms with Crippen LogP contribution in [-0.4, -0.2) is 37.2 Å². The fraction of sp³-hybridized carbons (Fsp3) is 0.125. The van der Waals surface area contributed by atoms with Crippen molar-refractivity contribution in [1.29, 1.82) is 0 Å². The van der Waals surface area contributed by atoms with Gasteiger partial charge in [-0.25, -0.2) is 8.94 Å². The Morgan fingerprint density at radius 2 is 1.81 bits per heavy atom. The van der Waals surface area contributed by atoms with Crippen LogP contribution in [-0.2, 0) is 10.3 Å². The van der Waals surface area contributed by atoms with Gasteiger partial charge in [-0.2, -0.15) is 8.87 Å². The van der Waals surface area contributed by atoms with Gasteiger partial charge >= 0.3 is 10.3 Å². The van der Waals surface area contributed by atoms with Crippen LogP contribution in [0.5, 0.6) is 0 Å². The van der Waals surface area contributed by atoms with E-state index >= 15 is 0 Å². The van der Waals surface area contributed by atoms with Crippen molar-refractivity contribution < 1.29 is 21.9 Å². The summed E-state index contributed by atoms with van der Waals surface area (Å²) in [6.07, 6.45) is 0. The fourth-order valence-electron chi connectivity index (χ4n) is 2.22. The summed E-state index contributed by atoms with van der Waals surface area (Å²) in [6, 6.07) is 10.1. The second-order valence-electron chi connectivity index (χ2n) is 5.89. The number of halogens is 2. The predicted molar refractivity (Wildman–Crippen MR) is 95.3 cm³/mol. The Kier molecular flexibility index (Phi) is 4.57. The maximum atomic E-state index is 13.1. The minimum absolute atomic E-state index is 0.128. The van der Waals surface area contributed by atoms with Crippen molar-refractivity contribution in [2.24, 2.45) is 0 Å². The summed E-state index contributed by atoms with van der Waals surface area (Å²) < 4.78 is 49.9. The van der Waals surface area contributed by atoms with Crippen LogP contribution in [0.1, 0.15) is 0 Å². The van der Waals surface area contributed by atoms with E-state index in [1.54, 1.807) is 12.1 Å². The van der Waals surface area contributed by atoms with Gasteiger partial charge < -0.3 is 4.52 Å². The molecule has 0 spiro atoms. The topological polar surface area (TPSA) is 93.3 Å². The maximum absolute atomic E-state index is 13.1. The Bertz CT molecular complexity index is 1070. The number of hydrogen-bond donors (Lipinski definition) is 1. The van der Waals surface area contributed by atoms with Crippen LogP contribution in [0.25, 0.3) is 22.8 Å². The molecule has 2 aromatic carbocycles. The highest BCUT2D eigenvalue weighted by atomic mass is 35.5. The van der Waals surface area contributed by atoms with Crippen LogP contribution in [0.3, 0.4) is 0 Å². The van der Waals surface area contributed by atoms with Crippen molar-refractivity contribution in [3.8, 4) is 22.8 Å². The van der Waals surface area contributed by atoms with Gasteiger partial charge in [0.1, 0.15) is 11.5 Å². The lowest BCUT2D eigenvalue weighted by Gasteiger charge is -2.23. The first-order valence-electron chi connectivity index (χ1n) is 7.31. The van der Waals surface area contributed by atoms with E-state index in [9.17, 15) is 17.4 Å². The minimum atomic E-state index is -4.33. The molecule has 0 amide bonds. The summed E-state index contributed by atoms with van der Waals surface area (Å²) in [5.41, 5.74) is 1.31. The molecular weight excluding hydrogens is 385 g/mol. The first-order chi connectivity index (χ1) is 12.1. The van der Waals surface area contributed by atoms with Crippen LogP contribution in [0, 0.1) is 5.82 Å². The standard InChI is InChI=1S/C16H13ClFN3O4S/c1-21(2,26(22,23)24)12-6-3-10(4-7-12)15-19-16(25-20-15)13-8-5-11(18)9-14(13)17/h3-9H,1-2H3/p+1. The molecule has 3 rings (SSSR count). The first-order valence-corrected chi connectivity index (χ1v) is 9.09. The number of rotatable bonds is 4. The van der Waals surface area contributed by atoms with Crippen molar-refractivity contribution in [1.82, 2.24) is 14.0 Å². The monoisotopic (exact) mass is 398 g/mol. The molecule has 0 fully saturated rings. The minimum Gasteiger partial charge on any atom is -0.334 e. The second kappa shape index (κ2) is 6.44. The molecule has 1 N–H and O–H groups in total. The molecule has 26 heavy (non-hydrogen) atoms. The number of aromatic nitrogens is 2. The van der Waals surface area contributed by atoms with Crippen molar-refractivity contribution in [2.45, 2.75) is 0 Å². The van der Waals surface area contributed by atoms with Gasteiger partial charge in [-0.05, 0) is 30.3 Å². The number of benzene rings is 2. The fourth-order valence-corrected chi connectivity index (χ4v) is 2.85. The summed E-state index contributed by atoms with van der Waals surface area (Å²) in [4.78, 5) is 4.22. The first kappa shape index (κ1) is 18.5. The van der Waals surface area contributed by atoms with E-state index in [0.29, 0.717) is 16.8 Å². The lowest BCUT2D eigenvalue weighted by atomic mass is 10.2. The van der Waals surface area contributed by atoms with Crippen molar-refractivity contribution in [3.05, 3.63) is 53.3 Å². The zero-order valence-corrected chi connectivity index (χ0v) is 15.3. The highest BCUT2D eigenvalue weighted by molar-refractivity contribution is 7.85. The normalized spacial score (nSPS) is 12.3. The van der Waals surface area contributed by atoms with E-state index in [1.165, 1.54) is 38.4 Å². The van der Waals surface area contributed by atoms with Gasteiger partial charge in [-0.15, -0.1) is 8.42 Å². The van der Waals surface area contributed by atoms with Crippen molar-refractivity contribution in [3.63, 3.8) is 0 Å². The molecule has 0 atom stereocenters. The maximum Gasteiger partial charge on any atom is 0.437 e. The summed E-state index contributed by atoms with van der Waals surface area (Å²) in [5.74, 6) is -0.0964. The number of quaternary nitrogens is 1. The van der Waals surface area contributed by atoms with Crippen LogP contribution < -0.4 is 3.89 Å². The summed E-state index contributed by atoms with van der Waals surface area (Å²) >= 11 is 5.98. The molecule has 1 heterocycles. The smallest absolute Gasteiger partial charge is 0.334 e. The molecular formula is C16H14ClFN3O4S+.